The van der Waals surface area contributed by atoms with E-state index >= 15 is 0 Å². The standard InChI is InChI=1S/C19H25N5S/c1-15-20-16(14-25-15)12-23-8-5-9-24(11-10-23)13-19-21-17-6-3-4-7-18(17)22(19)2/h3-4,6-7,14H,5,8-13H2,1-2H3. The molecule has 0 spiro atoms. The fraction of sp³-hybridized carbons (Fsp3) is 0.474. The van der Waals surface area contributed by atoms with Crippen LogP contribution in [0.4, 0.5) is 0 Å². The number of nitrogens with zero attached hydrogens (tertiary/aromatic N) is 5. The molecular weight excluding hydrogens is 330 g/mol. The van der Waals surface area contributed by atoms with Gasteiger partial charge in [0.2, 0.25) is 0 Å². The number of aryl methyl sites for hydroxylation is 2. The molecule has 5 nitrogen and oxygen atoms in total. The minimum atomic E-state index is 0.925. The van der Waals surface area contributed by atoms with E-state index in [1.807, 2.05) is 0 Å². The van der Waals surface area contributed by atoms with E-state index in [9.17, 15) is 0 Å². The van der Waals surface area contributed by atoms with Crippen LogP contribution in [0.15, 0.2) is 29.6 Å². The predicted molar refractivity (Wildman–Crippen MR) is 103 cm³/mol. The normalized spacial score (nSPS) is 17.2. The minimum Gasteiger partial charge on any atom is -0.330 e. The molecule has 0 atom stereocenters. The number of aromatic nitrogens is 3. The van der Waals surface area contributed by atoms with Gasteiger partial charge in [-0.25, -0.2) is 9.97 Å². The molecule has 1 aliphatic heterocycles. The molecule has 0 radical (unpaired) electrons. The van der Waals surface area contributed by atoms with E-state index in [1.54, 1.807) is 11.3 Å². The lowest BCUT2D eigenvalue weighted by Crippen LogP contribution is -2.31. The van der Waals surface area contributed by atoms with Crippen molar-refractivity contribution in [2.75, 3.05) is 26.2 Å². The zero-order valence-electron chi connectivity index (χ0n) is 15.0. The first-order valence-corrected chi connectivity index (χ1v) is 9.83. The van der Waals surface area contributed by atoms with Crippen LogP contribution < -0.4 is 0 Å². The molecule has 0 N–H and O–H groups in total. The molecule has 1 aromatic carbocycles. The monoisotopic (exact) mass is 355 g/mol. The molecule has 1 fully saturated rings. The van der Waals surface area contributed by atoms with Gasteiger partial charge >= 0.3 is 0 Å². The molecule has 25 heavy (non-hydrogen) atoms. The van der Waals surface area contributed by atoms with Gasteiger partial charge < -0.3 is 4.57 Å². The van der Waals surface area contributed by atoms with E-state index in [4.69, 9.17) is 4.98 Å². The molecule has 1 aliphatic rings. The molecule has 3 heterocycles. The van der Waals surface area contributed by atoms with Gasteiger partial charge in [0.05, 0.1) is 28.3 Å². The van der Waals surface area contributed by atoms with E-state index in [-0.39, 0.29) is 0 Å². The number of para-hydroxylation sites is 2. The molecule has 0 aliphatic carbocycles. The molecular formula is C19H25N5S. The highest BCUT2D eigenvalue weighted by molar-refractivity contribution is 7.09. The van der Waals surface area contributed by atoms with Crippen LogP contribution in [0, 0.1) is 6.92 Å². The lowest BCUT2D eigenvalue weighted by Gasteiger charge is -2.21. The van der Waals surface area contributed by atoms with E-state index < -0.39 is 0 Å². The summed E-state index contributed by atoms with van der Waals surface area (Å²) in [6.07, 6.45) is 1.20. The summed E-state index contributed by atoms with van der Waals surface area (Å²) in [5, 5.41) is 3.35. The summed E-state index contributed by atoms with van der Waals surface area (Å²) in [5.41, 5.74) is 3.52. The van der Waals surface area contributed by atoms with Crippen molar-refractivity contribution in [3.05, 3.63) is 46.2 Å². The number of benzene rings is 1. The first kappa shape index (κ1) is 16.7. The molecule has 0 unspecified atom stereocenters. The van der Waals surface area contributed by atoms with Crippen molar-refractivity contribution in [3.8, 4) is 0 Å². The maximum absolute atomic E-state index is 4.83. The van der Waals surface area contributed by atoms with Crippen LogP contribution in [0.25, 0.3) is 11.0 Å². The summed E-state index contributed by atoms with van der Waals surface area (Å²) >= 11 is 1.74. The fourth-order valence-electron chi connectivity index (χ4n) is 3.59. The number of hydrogen-bond acceptors (Lipinski definition) is 5. The van der Waals surface area contributed by atoms with Crippen molar-refractivity contribution in [3.63, 3.8) is 0 Å². The van der Waals surface area contributed by atoms with Crippen LogP contribution in [0.5, 0.6) is 0 Å². The lowest BCUT2D eigenvalue weighted by molar-refractivity contribution is 0.241. The third-order valence-electron chi connectivity index (χ3n) is 4.98. The Morgan fingerprint density at radius 1 is 1.00 bits per heavy atom. The third kappa shape index (κ3) is 3.76. The number of hydrogen-bond donors (Lipinski definition) is 0. The number of fused-ring (bicyclic) bond motifs is 1. The van der Waals surface area contributed by atoms with Crippen molar-refractivity contribution in [2.24, 2.45) is 7.05 Å². The summed E-state index contributed by atoms with van der Waals surface area (Å²) in [4.78, 5) is 14.5. The zero-order chi connectivity index (χ0) is 17.2. The Labute approximate surface area is 152 Å². The first-order valence-electron chi connectivity index (χ1n) is 8.95. The van der Waals surface area contributed by atoms with Crippen molar-refractivity contribution in [1.82, 2.24) is 24.3 Å². The van der Waals surface area contributed by atoms with Gasteiger partial charge in [-0.15, -0.1) is 11.3 Å². The lowest BCUT2D eigenvalue weighted by atomic mass is 10.3. The van der Waals surface area contributed by atoms with E-state index in [0.29, 0.717) is 0 Å². The topological polar surface area (TPSA) is 37.2 Å². The predicted octanol–water partition coefficient (Wildman–Crippen LogP) is 3.05. The summed E-state index contributed by atoms with van der Waals surface area (Å²) in [6.45, 7) is 8.45. The van der Waals surface area contributed by atoms with Crippen molar-refractivity contribution in [2.45, 2.75) is 26.4 Å². The summed E-state index contributed by atoms with van der Waals surface area (Å²) in [7, 11) is 2.12. The van der Waals surface area contributed by atoms with Crippen LogP contribution in [0.2, 0.25) is 0 Å². The second kappa shape index (κ2) is 7.23. The van der Waals surface area contributed by atoms with Gasteiger partial charge in [-0.2, -0.15) is 0 Å². The van der Waals surface area contributed by atoms with E-state index in [2.05, 4.69) is 63.0 Å². The maximum atomic E-state index is 4.83. The first-order chi connectivity index (χ1) is 12.2. The SMILES string of the molecule is Cc1nc(CN2CCCN(Cc3nc4ccccc4n3C)CC2)cs1. The molecule has 0 amide bonds. The average Bonchev–Trinajstić information content (AvgIpc) is 3.07. The largest absolute Gasteiger partial charge is 0.330 e. The second-order valence-corrected chi connectivity index (χ2v) is 7.90. The summed E-state index contributed by atoms with van der Waals surface area (Å²) in [5.74, 6) is 1.16. The quantitative estimate of drug-likeness (QED) is 0.721. The zero-order valence-corrected chi connectivity index (χ0v) is 15.8. The highest BCUT2D eigenvalue weighted by Gasteiger charge is 2.18. The van der Waals surface area contributed by atoms with Gasteiger partial charge in [0.15, 0.2) is 0 Å². The van der Waals surface area contributed by atoms with E-state index in [0.717, 1.165) is 55.6 Å². The van der Waals surface area contributed by atoms with Gasteiger partial charge in [0.1, 0.15) is 5.82 Å². The van der Waals surface area contributed by atoms with Gasteiger partial charge in [0, 0.05) is 32.1 Å². The fourth-order valence-corrected chi connectivity index (χ4v) is 4.19. The Balaban J connectivity index is 1.39. The van der Waals surface area contributed by atoms with Crippen LogP contribution in [-0.2, 0) is 20.1 Å². The second-order valence-electron chi connectivity index (χ2n) is 6.84. The highest BCUT2D eigenvalue weighted by Crippen LogP contribution is 2.17. The van der Waals surface area contributed by atoms with Crippen LogP contribution >= 0.6 is 11.3 Å². The molecule has 132 valence electrons. The van der Waals surface area contributed by atoms with Crippen LogP contribution in [0.3, 0.4) is 0 Å². The molecule has 1 saturated heterocycles. The number of rotatable bonds is 4. The number of imidazole rings is 1. The molecule has 3 aromatic rings. The van der Waals surface area contributed by atoms with Gasteiger partial charge in [0.25, 0.3) is 0 Å². The molecule has 0 saturated carbocycles. The summed E-state index contributed by atoms with van der Waals surface area (Å²) < 4.78 is 2.23. The highest BCUT2D eigenvalue weighted by atomic mass is 32.1. The van der Waals surface area contributed by atoms with Gasteiger partial charge in [-0.1, -0.05) is 12.1 Å². The summed E-state index contributed by atoms with van der Waals surface area (Å²) in [6, 6.07) is 8.38. The Bertz CT molecular complexity index is 852. The minimum absolute atomic E-state index is 0.925. The van der Waals surface area contributed by atoms with E-state index in [1.165, 1.54) is 17.6 Å². The Morgan fingerprint density at radius 3 is 2.48 bits per heavy atom. The van der Waals surface area contributed by atoms with Gasteiger partial charge in [-0.3, -0.25) is 9.80 Å². The number of thiazole rings is 1. The third-order valence-corrected chi connectivity index (χ3v) is 5.80. The van der Waals surface area contributed by atoms with Crippen molar-refractivity contribution in [1.29, 1.82) is 0 Å². The Hall–Kier alpha value is -1.76. The molecule has 0 bridgehead atoms. The van der Waals surface area contributed by atoms with Gasteiger partial charge in [-0.05, 0) is 38.6 Å². The van der Waals surface area contributed by atoms with Crippen LogP contribution in [0.1, 0.15) is 22.9 Å². The smallest absolute Gasteiger partial charge is 0.123 e. The Morgan fingerprint density at radius 2 is 1.76 bits per heavy atom. The maximum Gasteiger partial charge on any atom is 0.123 e. The Kier molecular flexibility index (Phi) is 4.83. The molecule has 4 rings (SSSR count). The van der Waals surface area contributed by atoms with Crippen molar-refractivity contribution >= 4 is 22.4 Å². The molecule has 2 aromatic heterocycles. The average molecular weight is 356 g/mol. The molecule has 6 heteroatoms. The van der Waals surface area contributed by atoms with Crippen LogP contribution in [-0.4, -0.2) is 50.5 Å². The van der Waals surface area contributed by atoms with Crippen molar-refractivity contribution < 1.29 is 0 Å².